The molecule has 1 saturated heterocycles. The largest absolute Gasteiger partial charge is 0.497 e. The number of ether oxygens (including phenoxy) is 3. The average Bonchev–Trinajstić information content (AvgIpc) is 2.90. The van der Waals surface area contributed by atoms with Gasteiger partial charge in [0.1, 0.15) is 17.5 Å². The zero-order valence-electron chi connectivity index (χ0n) is 14.5. The first-order chi connectivity index (χ1) is 10.9. The van der Waals surface area contributed by atoms with E-state index in [4.69, 9.17) is 14.2 Å². The van der Waals surface area contributed by atoms with Crippen molar-refractivity contribution in [1.82, 2.24) is 4.90 Å². The summed E-state index contributed by atoms with van der Waals surface area (Å²) in [5.74, 6) is 2.37. The van der Waals surface area contributed by atoms with Crippen molar-refractivity contribution in [2.24, 2.45) is 17.3 Å². The molecule has 1 aromatic carbocycles. The third-order valence-electron chi connectivity index (χ3n) is 5.61. The molecule has 0 N–H and O–H groups in total. The van der Waals surface area contributed by atoms with E-state index in [-0.39, 0.29) is 17.4 Å². The van der Waals surface area contributed by atoms with Crippen LogP contribution >= 0.6 is 0 Å². The molecule has 5 nitrogen and oxygen atoms in total. The van der Waals surface area contributed by atoms with Crippen LogP contribution in [-0.2, 0) is 16.1 Å². The van der Waals surface area contributed by atoms with Crippen LogP contribution in [0.4, 0.5) is 0 Å². The summed E-state index contributed by atoms with van der Waals surface area (Å²) in [4.78, 5) is 14.5. The monoisotopic (exact) mass is 319 g/mol. The molecule has 1 aliphatic carbocycles. The molecule has 2 aliphatic rings. The summed E-state index contributed by atoms with van der Waals surface area (Å²) >= 11 is 0. The van der Waals surface area contributed by atoms with Gasteiger partial charge in [-0.1, -0.05) is 19.9 Å². The average molecular weight is 319 g/mol. The minimum Gasteiger partial charge on any atom is -0.497 e. The highest BCUT2D eigenvalue weighted by Gasteiger charge is 2.68. The van der Waals surface area contributed by atoms with Gasteiger partial charge in [-0.25, -0.2) is 0 Å². The summed E-state index contributed by atoms with van der Waals surface area (Å²) < 4.78 is 15.8. The van der Waals surface area contributed by atoms with Gasteiger partial charge in [0.25, 0.3) is 0 Å². The number of likely N-dealkylation sites (tertiary alicyclic amines) is 1. The minimum absolute atomic E-state index is 0.129. The van der Waals surface area contributed by atoms with Crippen molar-refractivity contribution in [2.45, 2.75) is 26.4 Å². The number of rotatable bonds is 5. The lowest BCUT2D eigenvalue weighted by Crippen LogP contribution is -2.42. The van der Waals surface area contributed by atoms with Gasteiger partial charge in [-0.3, -0.25) is 9.69 Å². The Morgan fingerprint density at radius 3 is 2.61 bits per heavy atom. The second kappa shape index (κ2) is 5.71. The van der Waals surface area contributed by atoms with E-state index in [9.17, 15) is 4.79 Å². The first kappa shape index (κ1) is 16.1. The normalized spacial score (nSPS) is 28.1. The number of benzene rings is 1. The summed E-state index contributed by atoms with van der Waals surface area (Å²) in [5, 5.41) is 0. The summed E-state index contributed by atoms with van der Waals surface area (Å²) in [5.41, 5.74) is 1.29. The minimum atomic E-state index is -0.160. The molecule has 3 atom stereocenters. The molecule has 23 heavy (non-hydrogen) atoms. The molecular weight excluding hydrogens is 294 g/mol. The third kappa shape index (κ3) is 2.57. The van der Waals surface area contributed by atoms with Crippen molar-refractivity contribution < 1.29 is 19.0 Å². The molecule has 0 bridgehead atoms. The molecule has 0 radical (unpaired) electrons. The fourth-order valence-electron chi connectivity index (χ4n) is 4.14. The SMILES string of the molecule is COC(=O)C1C2C(CN1Cc1ccc(OC)cc1OC)C2(C)C. The smallest absolute Gasteiger partial charge is 0.323 e. The maximum absolute atomic E-state index is 12.3. The highest BCUT2D eigenvalue weighted by atomic mass is 16.5. The Morgan fingerprint density at radius 2 is 2.00 bits per heavy atom. The van der Waals surface area contributed by atoms with Gasteiger partial charge in [0.2, 0.25) is 0 Å². The van der Waals surface area contributed by atoms with Gasteiger partial charge < -0.3 is 14.2 Å². The lowest BCUT2D eigenvalue weighted by Gasteiger charge is -2.29. The molecule has 0 aromatic heterocycles. The highest BCUT2D eigenvalue weighted by molar-refractivity contribution is 5.77. The number of fused-ring (bicyclic) bond motifs is 1. The number of methoxy groups -OCH3 is 3. The van der Waals surface area contributed by atoms with Crippen molar-refractivity contribution in [1.29, 1.82) is 0 Å². The highest BCUT2D eigenvalue weighted by Crippen LogP contribution is 2.65. The maximum atomic E-state index is 12.3. The van der Waals surface area contributed by atoms with E-state index in [1.165, 1.54) is 7.11 Å². The first-order valence-electron chi connectivity index (χ1n) is 7.96. The number of nitrogens with zero attached hydrogens (tertiary/aromatic N) is 1. The van der Waals surface area contributed by atoms with E-state index in [1.807, 2.05) is 18.2 Å². The number of carbonyl (C=O) groups is 1. The molecule has 2 fully saturated rings. The van der Waals surface area contributed by atoms with Crippen LogP contribution in [0.1, 0.15) is 19.4 Å². The Morgan fingerprint density at radius 1 is 1.26 bits per heavy atom. The molecule has 1 saturated carbocycles. The molecule has 0 spiro atoms. The van der Waals surface area contributed by atoms with E-state index in [2.05, 4.69) is 18.7 Å². The van der Waals surface area contributed by atoms with Gasteiger partial charge >= 0.3 is 5.97 Å². The van der Waals surface area contributed by atoms with Gasteiger partial charge in [0, 0.05) is 24.7 Å². The van der Waals surface area contributed by atoms with E-state index < -0.39 is 0 Å². The van der Waals surface area contributed by atoms with Crippen molar-refractivity contribution in [3.63, 3.8) is 0 Å². The molecular formula is C18H25NO4. The molecule has 1 aliphatic heterocycles. The molecule has 5 heteroatoms. The summed E-state index contributed by atoms with van der Waals surface area (Å²) in [6.45, 7) is 6.08. The van der Waals surface area contributed by atoms with Crippen LogP contribution in [0, 0.1) is 17.3 Å². The lowest BCUT2D eigenvalue weighted by atomic mass is 10.0. The Hall–Kier alpha value is -1.75. The number of hydrogen-bond donors (Lipinski definition) is 0. The van der Waals surface area contributed by atoms with Crippen LogP contribution in [-0.4, -0.2) is 44.8 Å². The van der Waals surface area contributed by atoms with Gasteiger partial charge in [-0.2, -0.15) is 0 Å². The van der Waals surface area contributed by atoms with Crippen LogP contribution in [0.3, 0.4) is 0 Å². The Kier molecular flexibility index (Phi) is 4.00. The summed E-state index contributed by atoms with van der Waals surface area (Å²) in [7, 11) is 4.76. The van der Waals surface area contributed by atoms with Crippen molar-refractivity contribution in [2.75, 3.05) is 27.9 Å². The number of carbonyl (C=O) groups excluding carboxylic acids is 1. The lowest BCUT2D eigenvalue weighted by molar-refractivity contribution is -0.147. The van der Waals surface area contributed by atoms with Crippen LogP contribution in [0.25, 0.3) is 0 Å². The second-order valence-electron chi connectivity index (χ2n) is 7.03. The van der Waals surface area contributed by atoms with Gasteiger partial charge in [-0.15, -0.1) is 0 Å². The first-order valence-corrected chi connectivity index (χ1v) is 7.96. The van der Waals surface area contributed by atoms with Crippen molar-refractivity contribution >= 4 is 5.97 Å². The Bertz CT molecular complexity index is 613. The predicted octanol–water partition coefficient (Wildman–Crippen LogP) is 2.33. The maximum Gasteiger partial charge on any atom is 0.323 e. The molecule has 0 amide bonds. The van der Waals surface area contributed by atoms with Crippen LogP contribution in [0.2, 0.25) is 0 Å². The van der Waals surface area contributed by atoms with E-state index in [0.29, 0.717) is 18.4 Å². The molecule has 1 aromatic rings. The molecule has 3 unspecified atom stereocenters. The molecule has 1 heterocycles. The van der Waals surface area contributed by atoms with Crippen molar-refractivity contribution in [3.05, 3.63) is 23.8 Å². The summed E-state index contributed by atoms with van der Waals surface area (Å²) in [6.07, 6.45) is 0. The molecule has 3 rings (SSSR count). The number of piperidine rings is 1. The fraction of sp³-hybridized carbons (Fsp3) is 0.611. The second-order valence-corrected chi connectivity index (χ2v) is 7.03. The zero-order chi connectivity index (χ0) is 16.8. The fourth-order valence-corrected chi connectivity index (χ4v) is 4.14. The zero-order valence-corrected chi connectivity index (χ0v) is 14.5. The third-order valence-corrected chi connectivity index (χ3v) is 5.61. The molecule has 126 valence electrons. The topological polar surface area (TPSA) is 48.0 Å². The van der Waals surface area contributed by atoms with Gasteiger partial charge in [0.05, 0.1) is 21.3 Å². The quantitative estimate of drug-likeness (QED) is 0.780. The van der Waals surface area contributed by atoms with Crippen LogP contribution < -0.4 is 9.47 Å². The van der Waals surface area contributed by atoms with Gasteiger partial charge in [-0.05, 0) is 23.3 Å². The van der Waals surface area contributed by atoms with E-state index in [0.717, 1.165) is 23.6 Å². The predicted molar refractivity (Wildman–Crippen MR) is 86.5 cm³/mol. The van der Waals surface area contributed by atoms with E-state index >= 15 is 0 Å². The number of hydrogen-bond acceptors (Lipinski definition) is 5. The Balaban J connectivity index is 1.81. The van der Waals surface area contributed by atoms with E-state index in [1.54, 1.807) is 14.2 Å². The van der Waals surface area contributed by atoms with Crippen LogP contribution in [0.5, 0.6) is 11.5 Å². The van der Waals surface area contributed by atoms with Crippen molar-refractivity contribution in [3.8, 4) is 11.5 Å². The standard InChI is InChI=1S/C18H25NO4/c1-18(2)13-10-19(16(15(13)18)17(20)23-5)9-11-6-7-12(21-3)8-14(11)22-4/h6-8,13,15-16H,9-10H2,1-5H3. The Labute approximate surface area is 137 Å². The van der Waals surface area contributed by atoms with Gasteiger partial charge in [0.15, 0.2) is 0 Å². The van der Waals surface area contributed by atoms with Crippen LogP contribution in [0.15, 0.2) is 18.2 Å². The number of esters is 1. The summed E-state index contributed by atoms with van der Waals surface area (Å²) in [6, 6.07) is 5.64.